The molecular weight excluding hydrogens is 203 g/mol. The van der Waals surface area contributed by atoms with Crippen molar-refractivity contribution in [3.63, 3.8) is 0 Å². The first-order valence-electron chi connectivity index (χ1n) is 3.04. The summed E-state index contributed by atoms with van der Waals surface area (Å²) >= 11 is 0. The molecule has 0 aromatic carbocycles. The molecule has 0 amide bonds. The number of nitrogens with zero attached hydrogens (tertiary/aromatic N) is 2. The van der Waals surface area contributed by atoms with Crippen molar-refractivity contribution in [1.29, 1.82) is 0 Å². The van der Waals surface area contributed by atoms with Gasteiger partial charge in [-0.15, -0.1) is 4.31 Å². The molecule has 0 aromatic heterocycles. The Hall–Kier alpha value is -0.0700. The summed E-state index contributed by atoms with van der Waals surface area (Å²) in [7, 11) is -2.42. The topological polar surface area (TPSA) is 80.8 Å². The lowest BCUT2D eigenvalue weighted by Crippen LogP contribution is -2.37. The maximum Gasteiger partial charge on any atom is 0.325 e. The first-order valence-corrected chi connectivity index (χ1v) is 5.80. The smallest absolute Gasteiger partial charge is 0.325 e. The van der Waals surface area contributed by atoms with Crippen LogP contribution in [0.3, 0.4) is 0 Å². The second kappa shape index (κ2) is 4.25. The maximum absolute atomic E-state index is 11.2. The van der Waals surface area contributed by atoms with E-state index in [9.17, 15) is 17.9 Å². The van der Waals surface area contributed by atoms with Crippen molar-refractivity contribution in [2.75, 3.05) is 27.4 Å². The normalized spacial score (nSPS) is 14.0. The van der Waals surface area contributed by atoms with Crippen molar-refractivity contribution >= 4 is 18.2 Å². The molecule has 0 aromatic rings. The van der Waals surface area contributed by atoms with Gasteiger partial charge in [0.25, 0.3) is 10.2 Å². The van der Waals surface area contributed by atoms with Gasteiger partial charge in [-0.3, -0.25) is 0 Å². The minimum atomic E-state index is -3.59. The van der Waals surface area contributed by atoms with Crippen molar-refractivity contribution in [2.45, 2.75) is 0 Å². The third kappa shape index (κ3) is 3.12. The van der Waals surface area contributed by atoms with E-state index in [0.717, 1.165) is 8.61 Å². The van der Waals surface area contributed by atoms with E-state index in [1.165, 1.54) is 21.1 Å². The second-order valence-corrected chi connectivity index (χ2v) is 5.56. The standard InChI is InChI=1S/C4H11N2O4PS/c1-5(2)12(9,10)6(3)4-11(7)8/h4H2,1-3H3. The quantitative estimate of drug-likeness (QED) is 0.549. The minimum Gasteiger partial charge on any atom is -0.594 e. The highest BCUT2D eigenvalue weighted by Crippen LogP contribution is 2.12. The summed E-state index contributed by atoms with van der Waals surface area (Å²) in [4.78, 5) is 10.2. The van der Waals surface area contributed by atoms with Crippen LogP contribution in [0, 0.1) is 0 Å². The van der Waals surface area contributed by atoms with Crippen LogP contribution >= 0.6 is 8.03 Å². The van der Waals surface area contributed by atoms with Crippen molar-refractivity contribution in [3.8, 4) is 0 Å². The third-order valence-corrected chi connectivity index (χ3v) is 3.86. The van der Waals surface area contributed by atoms with Gasteiger partial charge in [0.05, 0.1) is 0 Å². The first kappa shape index (κ1) is 11.9. The zero-order valence-electron chi connectivity index (χ0n) is 7.09. The molecule has 0 saturated carbocycles. The number of hydrogen-bond acceptors (Lipinski definition) is 4. The molecule has 0 radical (unpaired) electrons. The highest BCUT2D eigenvalue weighted by atomic mass is 32.2. The lowest BCUT2D eigenvalue weighted by molar-refractivity contribution is -0.165. The molecule has 0 rings (SSSR count). The molecule has 0 saturated heterocycles. The molecule has 6 nitrogen and oxygen atoms in total. The third-order valence-electron chi connectivity index (χ3n) is 1.17. The fraction of sp³-hybridized carbons (Fsp3) is 1.00. The van der Waals surface area contributed by atoms with Gasteiger partial charge >= 0.3 is 8.03 Å². The zero-order chi connectivity index (χ0) is 9.94. The molecule has 0 fully saturated rings. The molecule has 8 heteroatoms. The van der Waals surface area contributed by atoms with Crippen LogP contribution < -0.4 is 4.89 Å². The highest BCUT2D eigenvalue weighted by molar-refractivity contribution is 7.86. The predicted molar refractivity (Wildman–Crippen MR) is 42.8 cm³/mol. The van der Waals surface area contributed by atoms with Crippen LogP contribution in [-0.4, -0.2) is 44.5 Å². The molecule has 1 unspecified atom stereocenters. The molecule has 0 aliphatic rings. The van der Waals surface area contributed by atoms with Crippen molar-refractivity contribution in [3.05, 3.63) is 0 Å². The van der Waals surface area contributed by atoms with Crippen LogP contribution in [0.5, 0.6) is 0 Å². The van der Waals surface area contributed by atoms with E-state index in [-0.39, 0.29) is 0 Å². The molecule has 0 aliphatic heterocycles. The van der Waals surface area contributed by atoms with E-state index in [1.807, 2.05) is 0 Å². The summed E-state index contributed by atoms with van der Waals surface area (Å²) in [6.07, 6.45) is -0.490. The van der Waals surface area contributed by atoms with Crippen LogP contribution in [0.1, 0.15) is 0 Å². The van der Waals surface area contributed by atoms with Crippen LogP contribution in [0.25, 0.3) is 0 Å². The van der Waals surface area contributed by atoms with E-state index in [1.54, 1.807) is 0 Å². The van der Waals surface area contributed by atoms with Gasteiger partial charge in [0, 0.05) is 21.1 Å². The Labute approximate surface area is 72.8 Å². The number of hydrogen-bond donors (Lipinski definition) is 0. The monoisotopic (exact) mass is 214 g/mol. The summed E-state index contributed by atoms with van der Waals surface area (Å²) in [6.45, 7) is 0. The number of rotatable bonds is 4. The molecule has 0 N–H and O–H groups in total. The van der Waals surface area contributed by atoms with Gasteiger partial charge in [0.15, 0.2) is 0 Å². The Morgan fingerprint density at radius 1 is 1.33 bits per heavy atom. The van der Waals surface area contributed by atoms with E-state index < -0.39 is 24.5 Å². The lowest BCUT2D eigenvalue weighted by atomic mass is 11.2. The van der Waals surface area contributed by atoms with Gasteiger partial charge in [0.2, 0.25) is 6.29 Å². The minimum absolute atomic E-state index is 0.490. The van der Waals surface area contributed by atoms with Gasteiger partial charge in [0.1, 0.15) is 0 Å². The SMILES string of the molecule is CN(C)S(=O)(=O)N(C)C[P+](=O)[O-]. The highest BCUT2D eigenvalue weighted by Gasteiger charge is 2.24. The van der Waals surface area contributed by atoms with E-state index >= 15 is 0 Å². The van der Waals surface area contributed by atoms with E-state index in [4.69, 9.17) is 0 Å². The second-order valence-electron chi connectivity index (χ2n) is 2.36. The van der Waals surface area contributed by atoms with Crippen molar-refractivity contribution in [2.24, 2.45) is 0 Å². The summed E-state index contributed by atoms with van der Waals surface area (Å²) < 4.78 is 34.2. The van der Waals surface area contributed by atoms with Crippen LogP contribution in [-0.2, 0) is 14.8 Å². The van der Waals surface area contributed by atoms with Crippen LogP contribution in [0.4, 0.5) is 0 Å². The van der Waals surface area contributed by atoms with Crippen LogP contribution in [0.2, 0.25) is 0 Å². The summed E-state index contributed by atoms with van der Waals surface area (Å²) in [5, 5.41) is 0. The van der Waals surface area contributed by atoms with Gasteiger partial charge < -0.3 is 4.89 Å². The molecule has 12 heavy (non-hydrogen) atoms. The summed E-state index contributed by atoms with van der Waals surface area (Å²) in [5.74, 6) is 0. The molecule has 1 atom stereocenters. The van der Waals surface area contributed by atoms with Gasteiger partial charge in [-0.1, -0.05) is 4.57 Å². The van der Waals surface area contributed by atoms with Gasteiger partial charge in [-0.25, -0.2) is 0 Å². The van der Waals surface area contributed by atoms with Crippen LogP contribution in [0.15, 0.2) is 0 Å². The molecule has 72 valence electrons. The van der Waals surface area contributed by atoms with Crippen molar-refractivity contribution < 1.29 is 17.9 Å². The summed E-state index contributed by atoms with van der Waals surface area (Å²) in [5.41, 5.74) is 0. The predicted octanol–water partition coefficient (Wildman–Crippen LogP) is -1.22. The van der Waals surface area contributed by atoms with E-state index in [2.05, 4.69) is 0 Å². The Morgan fingerprint density at radius 3 is 2.00 bits per heavy atom. The Kier molecular flexibility index (Phi) is 4.22. The Balaban J connectivity index is 4.48. The average Bonchev–Trinajstić information content (AvgIpc) is 1.85. The fourth-order valence-electron chi connectivity index (χ4n) is 0.514. The lowest BCUT2D eigenvalue weighted by Gasteiger charge is -2.17. The Bertz CT molecular complexity index is 262. The van der Waals surface area contributed by atoms with Gasteiger partial charge in [-0.2, -0.15) is 12.7 Å². The largest absolute Gasteiger partial charge is 0.594 e. The zero-order valence-corrected chi connectivity index (χ0v) is 8.80. The Morgan fingerprint density at radius 2 is 1.75 bits per heavy atom. The molecule has 0 aliphatic carbocycles. The molecule has 0 bridgehead atoms. The maximum atomic E-state index is 11.2. The molecule has 0 spiro atoms. The molecular formula is C4H11N2O4PS. The fourth-order valence-corrected chi connectivity index (χ4v) is 2.26. The first-order chi connectivity index (χ1) is 5.28. The average molecular weight is 214 g/mol. The van der Waals surface area contributed by atoms with Crippen molar-refractivity contribution in [1.82, 2.24) is 8.61 Å². The van der Waals surface area contributed by atoms with Gasteiger partial charge in [-0.05, 0) is 0 Å². The molecule has 0 heterocycles. The summed E-state index contributed by atoms with van der Waals surface area (Å²) in [6, 6.07) is 0. The van der Waals surface area contributed by atoms with E-state index in [0.29, 0.717) is 0 Å².